The van der Waals surface area contributed by atoms with Gasteiger partial charge in [-0.2, -0.15) is 0 Å². The minimum atomic E-state index is -0.401. The predicted octanol–water partition coefficient (Wildman–Crippen LogP) is 4.89. The largest absolute Gasteiger partial charge is 0.376 e. The van der Waals surface area contributed by atoms with Crippen molar-refractivity contribution in [1.29, 1.82) is 0 Å². The first-order valence-electron chi connectivity index (χ1n) is 11.0. The van der Waals surface area contributed by atoms with Crippen molar-refractivity contribution >= 4 is 29.3 Å². The fourth-order valence-corrected chi connectivity index (χ4v) is 5.04. The summed E-state index contributed by atoms with van der Waals surface area (Å²) in [5.74, 6) is 0.775. The molecule has 0 bridgehead atoms. The Morgan fingerprint density at radius 1 is 1.12 bits per heavy atom. The number of carbonyl (C=O) groups is 1. The standard InChI is InChI=1S/C24H25ClN4O2S/c25-18-10-8-17(9-11-18)22-27-28-24(29(22)15-20-7-4-14-31-20)32-21(16-5-2-1-3-6-16)23(30)26-19-12-13-19/h1-3,5-6,8-11,19-21H,4,7,12-15H2,(H,26,30)/t20-,21+/m0/s1. The average molecular weight is 469 g/mol. The van der Waals surface area contributed by atoms with E-state index in [2.05, 4.69) is 20.1 Å². The van der Waals surface area contributed by atoms with Gasteiger partial charge in [-0.15, -0.1) is 10.2 Å². The van der Waals surface area contributed by atoms with E-state index in [-0.39, 0.29) is 12.0 Å². The topological polar surface area (TPSA) is 69.0 Å². The lowest BCUT2D eigenvalue weighted by Crippen LogP contribution is -2.30. The van der Waals surface area contributed by atoms with Crippen LogP contribution in [0.5, 0.6) is 0 Å². The zero-order valence-corrected chi connectivity index (χ0v) is 19.2. The van der Waals surface area contributed by atoms with Crippen LogP contribution >= 0.6 is 23.4 Å². The van der Waals surface area contributed by atoms with Gasteiger partial charge in [0.15, 0.2) is 11.0 Å². The molecule has 0 radical (unpaired) electrons. The maximum atomic E-state index is 13.1. The first-order valence-corrected chi connectivity index (χ1v) is 12.3. The number of hydrogen-bond donors (Lipinski definition) is 1. The second-order valence-electron chi connectivity index (χ2n) is 8.25. The number of rotatable bonds is 8. The Labute approximate surface area is 196 Å². The van der Waals surface area contributed by atoms with E-state index in [9.17, 15) is 4.79 Å². The number of carbonyl (C=O) groups excluding carboxylic acids is 1. The fraction of sp³-hybridized carbons (Fsp3) is 0.375. The molecule has 1 saturated heterocycles. The number of aromatic nitrogens is 3. The molecule has 2 heterocycles. The zero-order valence-electron chi connectivity index (χ0n) is 17.6. The summed E-state index contributed by atoms with van der Waals surface area (Å²) in [6.45, 7) is 1.43. The number of hydrogen-bond acceptors (Lipinski definition) is 5. The molecule has 5 rings (SSSR count). The van der Waals surface area contributed by atoms with Crippen LogP contribution in [0.1, 0.15) is 36.5 Å². The zero-order chi connectivity index (χ0) is 21.9. The van der Waals surface area contributed by atoms with Gasteiger partial charge in [0.25, 0.3) is 0 Å². The van der Waals surface area contributed by atoms with Gasteiger partial charge in [-0.3, -0.25) is 9.36 Å². The lowest BCUT2D eigenvalue weighted by molar-refractivity contribution is -0.120. The quantitative estimate of drug-likeness (QED) is 0.477. The third-order valence-electron chi connectivity index (χ3n) is 5.72. The number of ether oxygens (including phenoxy) is 1. The number of benzene rings is 2. The van der Waals surface area contributed by atoms with Gasteiger partial charge < -0.3 is 10.1 Å². The summed E-state index contributed by atoms with van der Waals surface area (Å²) >= 11 is 7.53. The molecule has 1 aliphatic heterocycles. The van der Waals surface area contributed by atoms with E-state index in [1.807, 2.05) is 54.6 Å². The van der Waals surface area contributed by atoms with Crippen LogP contribution in [-0.4, -0.2) is 39.4 Å². The summed E-state index contributed by atoms with van der Waals surface area (Å²) < 4.78 is 7.99. The number of nitrogens with one attached hydrogen (secondary N) is 1. The molecule has 1 saturated carbocycles. The monoisotopic (exact) mass is 468 g/mol. The molecular formula is C24H25ClN4O2S. The number of amides is 1. The van der Waals surface area contributed by atoms with Gasteiger partial charge in [0.05, 0.1) is 12.6 Å². The first-order chi connectivity index (χ1) is 15.7. The van der Waals surface area contributed by atoms with E-state index in [0.717, 1.165) is 49.2 Å². The molecule has 2 atom stereocenters. The smallest absolute Gasteiger partial charge is 0.238 e. The highest BCUT2D eigenvalue weighted by Crippen LogP contribution is 2.37. The maximum absolute atomic E-state index is 13.1. The Hall–Kier alpha value is -2.35. The van der Waals surface area contributed by atoms with Crippen molar-refractivity contribution in [2.75, 3.05) is 6.61 Å². The molecule has 1 amide bonds. The highest BCUT2D eigenvalue weighted by atomic mass is 35.5. The summed E-state index contributed by atoms with van der Waals surface area (Å²) in [4.78, 5) is 13.1. The normalized spacial score (nSPS) is 19.1. The van der Waals surface area contributed by atoms with Crippen molar-refractivity contribution in [2.24, 2.45) is 0 Å². The van der Waals surface area contributed by atoms with Crippen molar-refractivity contribution in [2.45, 2.75) is 54.8 Å². The predicted molar refractivity (Wildman–Crippen MR) is 126 cm³/mol. The first kappa shape index (κ1) is 21.5. The van der Waals surface area contributed by atoms with Crippen LogP contribution in [-0.2, 0) is 16.1 Å². The van der Waals surface area contributed by atoms with Gasteiger partial charge in [-0.05, 0) is 55.5 Å². The lowest BCUT2D eigenvalue weighted by atomic mass is 10.1. The van der Waals surface area contributed by atoms with Gasteiger partial charge >= 0.3 is 0 Å². The van der Waals surface area contributed by atoms with E-state index in [0.29, 0.717) is 22.8 Å². The van der Waals surface area contributed by atoms with Gasteiger partial charge in [0.2, 0.25) is 5.91 Å². The highest BCUT2D eigenvalue weighted by Gasteiger charge is 2.31. The van der Waals surface area contributed by atoms with Gasteiger partial charge in [0, 0.05) is 23.2 Å². The van der Waals surface area contributed by atoms with Crippen LogP contribution in [0.2, 0.25) is 5.02 Å². The second kappa shape index (κ2) is 9.65. The van der Waals surface area contributed by atoms with E-state index in [1.54, 1.807) is 0 Å². The van der Waals surface area contributed by atoms with Crippen LogP contribution in [0.3, 0.4) is 0 Å². The minimum Gasteiger partial charge on any atom is -0.376 e. The molecule has 6 nitrogen and oxygen atoms in total. The number of nitrogens with zero attached hydrogens (tertiary/aromatic N) is 3. The van der Waals surface area contributed by atoms with Crippen molar-refractivity contribution in [3.8, 4) is 11.4 Å². The van der Waals surface area contributed by atoms with Gasteiger partial charge in [0.1, 0.15) is 5.25 Å². The summed E-state index contributed by atoms with van der Waals surface area (Å²) in [7, 11) is 0. The molecular weight excluding hydrogens is 444 g/mol. The highest BCUT2D eigenvalue weighted by molar-refractivity contribution is 8.00. The van der Waals surface area contributed by atoms with E-state index in [4.69, 9.17) is 16.3 Å². The maximum Gasteiger partial charge on any atom is 0.238 e. The van der Waals surface area contributed by atoms with Crippen molar-refractivity contribution in [3.05, 3.63) is 65.2 Å². The summed E-state index contributed by atoms with van der Waals surface area (Å²) in [5, 5.41) is 13.1. The second-order valence-corrected chi connectivity index (χ2v) is 9.76. The molecule has 2 aliphatic rings. The third kappa shape index (κ3) is 5.00. The lowest BCUT2D eigenvalue weighted by Gasteiger charge is -2.19. The van der Waals surface area contributed by atoms with Crippen molar-refractivity contribution in [1.82, 2.24) is 20.1 Å². The molecule has 8 heteroatoms. The molecule has 166 valence electrons. The van der Waals surface area contributed by atoms with Gasteiger partial charge in [-0.25, -0.2) is 0 Å². The van der Waals surface area contributed by atoms with Crippen LogP contribution in [0.4, 0.5) is 0 Å². The molecule has 2 aromatic carbocycles. The van der Waals surface area contributed by atoms with E-state index in [1.165, 1.54) is 11.8 Å². The van der Waals surface area contributed by atoms with Crippen LogP contribution in [0.15, 0.2) is 59.8 Å². The summed E-state index contributed by atoms with van der Waals surface area (Å²) in [6, 6.07) is 17.8. The molecule has 1 aromatic heterocycles. The Morgan fingerprint density at radius 3 is 2.59 bits per heavy atom. The number of thioether (sulfide) groups is 1. The molecule has 0 unspecified atom stereocenters. The minimum absolute atomic E-state index is 0.0170. The summed E-state index contributed by atoms with van der Waals surface area (Å²) in [5.41, 5.74) is 1.89. The van der Waals surface area contributed by atoms with Crippen molar-refractivity contribution in [3.63, 3.8) is 0 Å². The Bertz CT molecular complexity index is 1060. The molecule has 1 aliphatic carbocycles. The fourth-order valence-electron chi connectivity index (χ4n) is 3.86. The molecule has 1 N–H and O–H groups in total. The van der Waals surface area contributed by atoms with E-state index >= 15 is 0 Å². The van der Waals surface area contributed by atoms with Crippen LogP contribution in [0.25, 0.3) is 11.4 Å². The molecule has 2 fully saturated rings. The SMILES string of the molecule is O=C(NC1CC1)[C@H](Sc1nnc(-c2ccc(Cl)cc2)n1C[C@@H]1CCCO1)c1ccccc1. The van der Waals surface area contributed by atoms with Crippen molar-refractivity contribution < 1.29 is 9.53 Å². The molecule has 0 spiro atoms. The van der Waals surface area contributed by atoms with Gasteiger partial charge in [-0.1, -0.05) is 53.7 Å². The Morgan fingerprint density at radius 2 is 1.91 bits per heavy atom. The third-order valence-corrected chi connectivity index (χ3v) is 7.20. The average Bonchev–Trinajstić information content (AvgIpc) is 3.31. The van der Waals surface area contributed by atoms with Crippen LogP contribution in [0, 0.1) is 0 Å². The Balaban J connectivity index is 1.48. The van der Waals surface area contributed by atoms with Crippen LogP contribution < -0.4 is 5.32 Å². The Kier molecular flexibility index (Phi) is 6.48. The number of halogens is 1. The summed E-state index contributed by atoms with van der Waals surface area (Å²) in [6.07, 6.45) is 4.28. The molecule has 3 aromatic rings. The molecule has 32 heavy (non-hydrogen) atoms. The van der Waals surface area contributed by atoms with E-state index < -0.39 is 5.25 Å².